The molecule has 2 aliphatic heterocycles. The Morgan fingerprint density at radius 2 is 2.28 bits per heavy atom. The van der Waals surface area contributed by atoms with E-state index in [1.807, 2.05) is 18.2 Å². The lowest BCUT2D eigenvalue weighted by atomic mass is 10.1. The Morgan fingerprint density at radius 1 is 1.39 bits per heavy atom. The van der Waals surface area contributed by atoms with Crippen LogP contribution in [-0.2, 0) is 6.54 Å². The van der Waals surface area contributed by atoms with Crippen molar-refractivity contribution in [2.75, 3.05) is 13.3 Å². The average Bonchev–Trinajstić information content (AvgIpc) is 3.04. The first-order chi connectivity index (χ1) is 8.86. The van der Waals surface area contributed by atoms with E-state index < -0.39 is 0 Å². The number of ether oxygens (including phenoxy) is 2. The Bertz CT molecular complexity index is 485. The van der Waals surface area contributed by atoms with Crippen LogP contribution in [0, 0.1) is 17.2 Å². The third kappa shape index (κ3) is 2.11. The number of hydrogen-bond acceptors (Lipinski definition) is 6. The number of hydrazine groups is 1. The second kappa shape index (κ2) is 4.82. The Hall–Kier alpha value is -1.81. The van der Waals surface area contributed by atoms with E-state index in [0.29, 0.717) is 13.1 Å². The van der Waals surface area contributed by atoms with Crippen LogP contribution in [0.25, 0.3) is 0 Å². The van der Waals surface area contributed by atoms with Gasteiger partial charge in [0.2, 0.25) is 6.79 Å². The lowest BCUT2D eigenvalue weighted by Gasteiger charge is -2.15. The Labute approximate surface area is 105 Å². The van der Waals surface area contributed by atoms with E-state index in [1.165, 1.54) is 0 Å². The van der Waals surface area contributed by atoms with Crippen LogP contribution >= 0.6 is 0 Å². The minimum Gasteiger partial charge on any atom is -0.454 e. The van der Waals surface area contributed by atoms with E-state index in [-0.39, 0.29) is 18.9 Å². The largest absolute Gasteiger partial charge is 0.454 e. The highest BCUT2D eigenvalue weighted by molar-refractivity contribution is 5.44. The number of nitriles is 1. The van der Waals surface area contributed by atoms with E-state index in [1.54, 1.807) is 0 Å². The van der Waals surface area contributed by atoms with Crippen LogP contribution in [0.1, 0.15) is 5.56 Å². The third-order valence-corrected chi connectivity index (χ3v) is 3.11. The zero-order chi connectivity index (χ0) is 12.4. The summed E-state index contributed by atoms with van der Waals surface area (Å²) in [6, 6.07) is 8.11. The molecule has 6 nitrogen and oxygen atoms in total. The van der Waals surface area contributed by atoms with Crippen molar-refractivity contribution in [2.24, 2.45) is 5.92 Å². The smallest absolute Gasteiger partial charge is 0.231 e. The summed E-state index contributed by atoms with van der Waals surface area (Å²) in [5.41, 5.74) is 7.11. The predicted octanol–water partition coefficient (Wildman–Crippen LogP) is 0.0786. The van der Waals surface area contributed by atoms with E-state index >= 15 is 0 Å². The number of benzene rings is 1. The first kappa shape index (κ1) is 11.3. The van der Waals surface area contributed by atoms with Crippen molar-refractivity contribution in [1.82, 2.24) is 16.2 Å². The number of nitrogens with one attached hydrogen (secondary N) is 3. The van der Waals surface area contributed by atoms with E-state index in [0.717, 1.165) is 17.1 Å². The highest BCUT2D eigenvalue weighted by atomic mass is 16.7. The highest BCUT2D eigenvalue weighted by Gasteiger charge is 2.25. The van der Waals surface area contributed by atoms with Gasteiger partial charge in [-0.1, -0.05) is 6.07 Å². The minimum absolute atomic E-state index is 0.0274. The second-order valence-corrected chi connectivity index (χ2v) is 4.31. The van der Waals surface area contributed by atoms with Gasteiger partial charge in [-0.15, -0.1) is 0 Å². The van der Waals surface area contributed by atoms with Crippen molar-refractivity contribution in [3.8, 4) is 17.6 Å². The maximum atomic E-state index is 8.95. The number of rotatable bonds is 3. The van der Waals surface area contributed by atoms with Gasteiger partial charge in [0, 0.05) is 13.1 Å². The predicted molar refractivity (Wildman–Crippen MR) is 63.4 cm³/mol. The minimum atomic E-state index is -0.0565. The summed E-state index contributed by atoms with van der Waals surface area (Å²) >= 11 is 0. The molecule has 1 aromatic carbocycles. The van der Waals surface area contributed by atoms with Gasteiger partial charge in [-0.25, -0.2) is 5.43 Å². The first-order valence-corrected chi connectivity index (χ1v) is 5.87. The van der Waals surface area contributed by atoms with E-state index in [4.69, 9.17) is 14.7 Å². The van der Waals surface area contributed by atoms with Gasteiger partial charge >= 0.3 is 0 Å². The van der Waals surface area contributed by atoms with Crippen LogP contribution in [-0.4, -0.2) is 19.5 Å². The molecule has 0 radical (unpaired) electrons. The summed E-state index contributed by atoms with van der Waals surface area (Å²) in [5, 5.41) is 12.3. The molecule has 2 unspecified atom stereocenters. The van der Waals surface area contributed by atoms with Gasteiger partial charge in [-0.05, 0) is 17.7 Å². The van der Waals surface area contributed by atoms with Crippen LogP contribution in [0.4, 0.5) is 0 Å². The molecular formula is C12H14N4O2. The normalized spacial score (nSPS) is 25.1. The molecule has 2 heterocycles. The zero-order valence-electron chi connectivity index (χ0n) is 9.77. The summed E-state index contributed by atoms with van der Waals surface area (Å²) in [6.45, 7) is 1.63. The van der Waals surface area contributed by atoms with Gasteiger partial charge < -0.3 is 9.47 Å². The second-order valence-electron chi connectivity index (χ2n) is 4.31. The fourth-order valence-corrected chi connectivity index (χ4v) is 2.09. The fourth-order valence-electron chi connectivity index (χ4n) is 2.09. The molecule has 0 amide bonds. The lowest BCUT2D eigenvalue weighted by molar-refractivity contribution is 0.174. The van der Waals surface area contributed by atoms with E-state index in [2.05, 4.69) is 22.2 Å². The van der Waals surface area contributed by atoms with Crippen molar-refractivity contribution in [1.29, 1.82) is 5.26 Å². The van der Waals surface area contributed by atoms with Gasteiger partial charge in [0.05, 0.1) is 18.2 Å². The van der Waals surface area contributed by atoms with Crippen molar-refractivity contribution in [3.63, 3.8) is 0 Å². The molecule has 3 N–H and O–H groups in total. The van der Waals surface area contributed by atoms with Crippen LogP contribution in [0.15, 0.2) is 18.2 Å². The molecule has 3 rings (SSSR count). The molecule has 0 aromatic heterocycles. The molecule has 2 atom stereocenters. The van der Waals surface area contributed by atoms with Gasteiger partial charge in [-0.3, -0.25) is 10.7 Å². The van der Waals surface area contributed by atoms with Crippen LogP contribution in [0.2, 0.25) is 0 Å². The van der Waals surface area contributed by atoms with Crippen LogP contribution < -0.4 is 25.6 Å². The Morgan fingerprint density at radius 3 is 3.17 bits per heavy atom. The SMILES string of the molecule is N#CC1CNNC1NCc1ccc2c(c1)OCO2. The molecule has 6 heteroatoms. The van der Waals surface area contributed by atoms with Crippen molar-refractivity contribution in [3.05, 3.63) is 23.8 Å². The number of nitrogens with zero attached hydrogens (tertiary/aromatic N) is 1. The van der Waals surface area contributed by atoms with Crippen molar-refractivity contribution in [2.45, 2.75) is 12.7 Å². The molecule has 0 saturated carbocycles. The molecule has 94 valence electrons. The summed E-state index contributed by atoms with van der Waals surface area (Å²) in [5.74, 6) is 1.51. The number of hydrogen-bond donors (Lipinski definition) is 3. The van der Waals surface area contributed by atoms with Gasteiger partial charge in [0.15, 0.2) is 11.5 Å². The van der Waals surface area contributed by atoms with Crippen molar-refractivity contribution >= 4 is 0 Å². The Balaban J connectivity index is 1.62. The lowest BCUT2D eigenvalue weighted by Crippen LogP contribution is -2.43. The standard InChI is InChI=1S/C12H14N4O2/c13-4-9-6-15-16-12(9)14-5-8-1-2-10-11(3-8)18-7-17-10/h1-3,9,12,14-16H,5-7H2. The molecule has 0 aliphatic carbocycles. The third-order valence-electron chi connectivity index (χ3n) is 3.11. The van der Waals surface area contributed by atoms with Crippen LogP contribution in [0.5, 0.6) is 11.5 Å². The monoisotopic (exact) mass is 246 g/mol. The van der Waals surface area contributed by atoms with Gasteiger partial charge in [-0.2, -0.15) is 5.26 Å². The first-order valence-electron chi connectivity index (χ1n) is 5.87. The van der Waals surface area contributed by atoms with Crippen LogP contribution in [0.3, 0.4) is 0 Å². The molecule has 1 fully saturated rings. The molecule has 1 aromatic rings. The molecule has 0 spiro atoms. The molecular weight excluding hydrogens is 232 g/mol. The fraction of sp³-hybridized carbons (Fsp3) is 0.417. The maximum Gasteiger partial charge on any atom is 0.231 e. The average molecular weight is 246 g/mol. The van der Waals surface area contributed by atoms with E-state index in [9.17, 15) is 0 Å². The maximum absolute atomic E-state index is 8.95. The highest BCUT2D eigenvalue weighted by Crippen LogP contribution is 2.32. The van der Waals surface area contributed by atoms with Gasteiger partial charge in [0.25, 0.3) is 0 Å². The summed E-state index contributed by atoms with van der Waals surface area (Å²) < 4.78 is 10.6. The quantitative estimate of drug-likeness (QED) is 0.701. The summed E-state index contributed by atoms with van der Waals surface area (Å²) in [4.78, 5) is 0. The Kier molecular flexibility index (Phi) is 3.02. The summed E-state index contributed by atoms with van der Waals surface area (Å²) in [7, 11) is 0. The molecule has 18 heavy (non-hydrogen) atoms. The zero-order valence-corrected chi connectivity index (χ0v) is 9.77. The number of fused-ring (bicyclic) bond motifs is 1. The van der Waals surface area contributed by atoms with Gasteiger partial charge in [0.1, 0.15) is 0 Å². The topological polar surface area (TPSA) is 78.3 Å². The molecule has 0 bridgehead atoms. The van der Waals surface area contributed by atoms with Crippen molar-refractivity contribution < 1.29 is 9.47 Å². The summed E-state index contributed by atoms with van der Waals surface area (Å²) in [6.07, 6.45) is -0.0274. The molecule has 2 aliphatic rings. The molecule has 1 saturated heterocycles.